The smallest absolute Gasteiger partial charge is 0.254 e. The van der Waals surface area contributed by atoms with E-state index in [2.05, 4.69) is 37.9 Å². The van der Waals surface area contributed by atoms with Gasteiger partial charge in [-0.2, -0.15) is 0 Å². The number of hydrogen-bond acceptors (Lipinski definition) is 5. The molecule has 1 aromatic heterocycles. The largest absolute Gasteiger partial charge is 0.397 e. The van der Waals surface area contributed by atoms with Crippen LogP contribution in [0.1, 0.15) is 79.4 Å². The third kappa shape index (κ3) is 4.06. The van der Waals surface area contributed by atoms with E-state index < -0.39 is 0 Å². The van der Waals surface area contributed by atoms with Crippen LogP contribution in [0.5, 0.6) is 0 Å². The number of ether oxygens (including phenoxy) is 1. The van der Waals surface area contributed by atoms with Crippen LogP contribution in [-0.4, -0.2) is 33.9 Å². The molecule has 0 unspecified atom stereocenters. The molecule has 2 atom stereocenters. The highest BCUT2D eigenvalue weighted by molar-refractivity contribution is 5.96. The monoisotopic (exact) mass is 447 g/mol. The predicted molar refractivity (Wildman–Crippen MR) is 131 cm³/mol. The maximum atomic E-state index is 13.4. The molecule has 2 aromatic carbocycles. The fourth-order valence-corrected chi connectivity index (χ4v) is 5.23. The van der Waals surface area contributed by atoms with Crippen molar-refractivity contribution >= 4 is 28.3 Å². The van der Waals surface area contributed by atoms with Crippen molar-refractivity contribution in [3.8, 4) is 0 Å². The Labute approximate surface area is 194 Å². The molecule has 174 valence electrons. The second-order valence-corrected chi connectivity index (χ2v) is 10.5. The van der Waals surface area contributed by atoms with Crippen LogP contribution >= 0.6 is 0 Å². The molecule has 1 saturated heterocycles. The van der Waals surface area contributed by atoms with Crippen molar-refractivity contribution in [3.63, 3.8) is 0 Å². The second-order valence-electron chi connectivity index (χ2n) is 10.5. The summed E-state index contributed by atoms with van der Waals surface area (Å²) in [6, 6.07) is 9.54. The van der Waals surface area contributed by atoms with Crippen molar-refractivity contribution in [2.24, 2.45) is 5.41 Å². The Morgan fingerprint density at radius 2 is 1.97 bits per heavy atom. The summed E-state index contributed by atoms with van der Waals surface area (Å²) in [5.41, 5.74) is 17.8. The molecule has 7 nitrogen and oxygen atoms in total. The standard InChI is InChI=1S/C26H33N5O2/c1-26(2,3)18-8-9-31(25(32)15-6-7-19(27)20(28)11-15)14-16-12-21-22(13-17(16)18)30-24(29-21)23-5-4-10-33-23/h6-7,11-13,18,23H,4-5,8-10,14,27-28H2,1-3H3,(H,29,30)/t18-,23-/m1/s1. The quantitative estimate of drug-likeness (QED) is 0.491. The molecule has 1 amide bonds. The van der Waals surface area contributed by atoms with Gasteiger partial charge in [0.15, 0.2) is 0 Å². The SMILES string of the molecule is CC(C)(C)[C@@H]1CCN(C(=O)c2ccc(N)c(N)c2)Cc2cc3[nH]c([C@H]4CCCO4)nc3cc21. The molecule has 2 aliphatic heterocycles. The van der Waals surface area contributed by atoms with Gasteiger partial charge in [0.25, 0.3) is 5.91 Å². The summed E-state index contributed by atoms with van der Waals surface area (Å²) in [6.45, 7) is 8.83. The number of nitrogens with one attached hydrogen (secondary N) is 1. The summed E-state index contributed by atoms with van der Waals surface area (Å²) in [5.74, 6) is 1.20. The summed E-state index contributed by atoms with van der Waals surface area (Å²) < 4.78 is 5.84. The lowest BCUT2D eigenvalue weighted by atomic mass is 9.73. The minimum atomic E-state index is -0.0213. The Kier molecular flexibility index (Phi) is 5.32. The number of rotatable bonds is 2. The predicted octanol–water partition coefficient (Wildman–Crippen LogP) is 4.75. The molecule has 0 aliphatic carbocycles. The van der Waals surface area contributed by atoms with E-state index in [0.717, 1.165) is 42.7 Å². The van der Waals surface area contributed by atoms with Gasteiger partial charge in [0, 0.05) is 25.3 Å². The van der Waals surface area contributed by atoms with Crippen LogP contribution < -0.4 is 11.5 Å². The zero-order valence-electron chi connectivity index (χ0n) is 19.6. The zero-order valence-corrected chi connectivity index (χ0v) is 19.6. The van der Waals surface area contributed by atoms with Gasteiger partial charge in [-0.3, -0.25) is 4.79 Å². The van der Waals surface area contributed by atoms with Gasteiger partial charge in [-0.15, -0.1) is 0 Å². The first-order valence-corrected chi connectivity index (χ1v) is 11.8. The minimum Gasteiger partial charge on any atom is -0.397 e. The summed E-state index contributed by atoms with van der Waals surface area (Å²) in [6.07, 6.45) is 3.00. The van der Waals surface area contributed by atoms with Gasteiger partial charge in [-0.1, -0.05) is 20.8 Å². The molecule has 5 N–H and O–H groups in total. The van der Waals surface area contributed by atoms with Crippen LogP contribution in [-0.2, 0) is 11.3 Å². The van der Waals surface area contributed by atoms with Gasteiger partial charge < -0.3 is 26.1 Å². The number of carbonyl (C=O) groups excluding carboxylic acids is 1. The van der Waals surface area contributed by atoms with E-state index in [1.807, 2.05) is 4.90 Å². The summed E-state index contributed by atoms with van der Waals surface area (Å²) >= 11 is 0. The molecule has 3 aromatic rings. The first kappa shape index (κ1) is 21.8. The van der Waals surface area contributed by atoms with Gasteiger partial charge in [-0.05, 0) is 72.1 Å². The van der Waals surface area contributed by atoms with E-state index in [1.54, 1.807) is 18.2 Å². The van der Waals surface area contributed by atoms with Crippen LogP contribution in [0, 0.1) is 5.41 Å². The van der Waals surface area contributed by atoms with Crippen molar-refractivity contribution in [1.29, 1.82) is 0 Å². The van der Waals surface area contributed by atoms with Crippen molar-refractivity contribution in [3.05, 3.63) is 52.8 Å². The first-order valence-electron chi connectivity index (χ1n) is 11.8. The average molecular weight is 448 g/mol. The lowest BCUT2D eigenvalue weighted by Crippen LogP contribution is -2.31. The molecule has 1 fully saturated rings. The van der Waals surface area contributed by atoms with Crippen molar-refractivity contribution < 1.29 is 9.53 Å². The Morgan fingerprint density at radius 1 is 1.15 bits per heavy atom. The average Bonchev–Trinajstić information content (AvgIpc) is 3.39. The third-order valence-corrected chi connectivity index (χ3v) is 7.09. The van der Waals surface area contributed by atoms with Crippen LogP contribution in [0.25, 0.3) is 11.0 Å². The Bertz CT molecular complexity index is 1200. The number of nitrogens with zero attached hydrogens (tertiary/aromatic N) is 2. The van der Waals surface area contributed by atoms with Crippen LogP contribution in [0.2, 0.25) is 0 Å². The highest BCUT2D eigenvalue weighted by Crippen LogP contribution is 2.43. The van der Waals surface area contributed by atoms with Crippen molar-refractivity contribution in [2.75, 3.05) is 24.6 Å². The molecule has 33 heavy (non-hydrogen) atoms. The number of anilines is 2. The number of amides is 1. The van der Waals surface area contributed by atoms with Crippen LogP contribution in [0.15, 0.2) is 30.3 Å². The number of aromatic amines is 1. The Balaban J connectivity index is 1.54. The number of fused-ring (bicyclic) bond motifs is 2. The highest BCUT2D eigenvalue weighted by Gasteiger charge is 2.33. The molecule has 3 heterocycles. The summed E-state index contributed by atoms with van der Waals surface area (Å²) in [4.78, 5) is 23.7. The number of H-pyrrole nitrogens is 1. The maximum Gasteiger partial charge on any atom is 0.254 e. The molecule has 5 rings (SSSR count). The van der Waals surface area contributed by atoms with Gasteiger partial charge in [0.1, 0.15) is 11.9 Å². The van der Waals surface area contributed by atoms with E-state index in [9.17, 15) is 4.79 Å². The van der Waals surface area contributed by atoms with Crippen LogP contribution in [0.4, 0.5) is 11.4 Å². The zero-order chi connectivity index (χ0) is 23.3. The molecule has 7 heteroatoms. The van der Waals surface area contributed by atoms with E-state index >= 15 is 0 Å². The van der Waals surface area contributed by atoms with E-state index in [1.165, 1.54) is 11.1 Å². The van der Waals surface area contributed by atoms with Crippen LogP contribution in [0.3, 0.4) is 0 Å². The topological polar surface area (TPSA) is 110 Å². The number of nitrogen functional groups attached to an aromatic ring is 2. The van der Waals surface area contributed by atoms with E-state index in [4.69, 9.17) is 21.2 Å². The number of imidazole rings is 1. The van der Waals surface area contributed by atoms with E-state index in [0.29, 0.717) is 35.9 Å². The van der Waals surface area contributed by atoms with Gasteiger partial charge in [0.2, 0.25) is 0 Å². The lowest BCUT2D eigenvalue weighted by molar-refractivity contribution is 0.0739. The molecule has 2 aliphatic rings. The second kappa shape index (κ2) is 8.06. The van der Waals surface area contributed by atoms with Gasteiger partial charge in [0.05, 0.1) is 22.4 Å². The molecular weight excluding hydrogens is 414 g/mol. The summed E-state index contributed by atoms with van der Waals surface area (Å²) in [5, 5.41) is 0. The normalized spacial score (nSPS) is 21.2. The number of nitrogens with two attached hydrogens (primary N) is 2. The minimum absolute atomic E-state index is 0.0213. The molecule has 0 radical (unpaired) electrons. The number of carbonyl (C=O) groups is 1. The molecule has 0 spiro atoms. The molecule has 0 bridgehead atoms. The first-order chi connectivity index (χ1) is 15.7. The Morgan fingerprint density at radius 3 is 2.67 bits per heavy atom. The fourth-order valence-electron chi connectivity index (χ4n) is 5.23. The van der Waals surface area contributed by atoms with Gasteiger partial charge >= 0.3 is 0 Å². The number of aromatic nitrogens is 2. The lowest BCUT2D eigenvalue weighted by Gasteiger charge is -2.31. The fraction of sp³-hybridized carbons (Fsp3) is 0.462. The maximum absolute atomic E-state index is 13.4. The molecule has 0 saturated carbocycles. The molecular formula is C26H33N5O2. The van der Waals surface area contributed by atoms with Gasteiger partial charge in [-0.25, -0.2) is 4.98 Å². The van der Waals surface area contributed by atoms with Crippen molar-refractivity contribution in [2.45, 2.75) is 58.6 Å². The summed E-state index contributed by atoms with van der Waals surface area (Å²) in [7, 11) is 0. The van der Waals surface area contributed by atoms with E-state index in [-0.39, 0.29) is 17.4 Å². The highest BCUT2D eigenvalue weighted by atomic mass is 16.5. The Hall–Kier alpha value is -3.06. The van der Waals surface area contributed by atoms with Crippen molar-refractivity contribution in [1.82, 2.24) is 14.9 Å². The number of benzene rings is 2. The number of hydrogen-bond donors (Lipinski definition) is 3. The third-order valence-electron chi connectivity index (χ3n) is 7.09.